The van der Waals surface area contributed by atoms with E-state index in [1.165, 1.54) is 0 Å². The van der Waals surface area contributed by atoms with Crippen LogP contribution in [0.2, 0.25) is 0 Å². The van der Waals surface area contributed by atoms with Crippen LogP contribution in [0.4, 0.5) is 4.39 Å². The molecule has 0 spiro atoms. The lowest BCUT2D eigenvalue weighted by molar-refractivity contribution is 0.174. The third kappa shape index (κ3) is 1.16. The Balaban J connectivity index is 2.49. The summed E-state index contributed by atoms with van der Waals surface area (Å²) in [6.07, 6.45) is 0. The summed E-state index contributed by atoms with van der Waals surface area (Å²) < 4.78 is 23.2. The van der Waals surface area contributed by atoms with Gasteiger partial charge in [-0.1, -0.05) is 15.9 Å². The number of benzene rings is 1. The average Bonchev–Trinajstić information content (AvgIpc) is 2.49. The average molecular weight is 233 g/mol. The Morgan fingerprint density at radius 3 is 2.67 bits per heavy atom. The van der Waals surface area contributed by atoms with Gasteiger partial charge in [0.25, 0.3) is 0 Å². The van der Waals surface area contributed by atoms with Gasteiger partial charge < -0.3 is 9.47 Å². The number of rotatable bonds is 1. The highest BCUT2D eigenvalue weighted by Crippen LogP contribution is 2.37. The van der Waals surface area contributed by atoms with Crippen molar-refractivity contribution in [2.75, 3.05) is 6.79 Å². The number of hydrogen-bond donors (Lipinski definition) is 0. The fourth-order valence-electron chi connectivity index (χ4n) is 1.06. The van der Waals surface area contributed by atoms with Gasteiger partial charge in [-0.25, -0.2) is 4.39 Å². The summed E-state index contributed by atoms with van der Waals surface area (Å²) in [6, 6.07) is 3.36. The maximum absolute atomic E-state index is 12.3. The monoisotopic (exact) mass is 232 g/mol. The second-order valence-electron chi connectivity index (χ2n) is 2.43. The third-order valence-electron chi connectivity index (χ3n) is 1.69. The molecule has 12 heavy (non-hydrogen) atoms. The Morgan fingerprint density at radius 2 is 2.00 bits per heavy atom. The molecular formula is C8H6BrFO2. The van der Waals surface area contributed by atoms with E-state index in [-0.39, 0.29) is 6.79 Å². The van der Waals surface area contributed by atoms with E-state index < -0.39 is 6.67 Å². The van der Waals surface area contributed by atoms with E-state index in [0.29, 0.717) is 21.5 Å². The summed E-state index contributed by atoms with van der Waals surface area (Å²) in [5, 5.41) is 0. The molecule has 0 amide bonds. The second kappa shape index (κ2) is 2.94. The third-order valence-corrected chi connectivity index (χ3v) is 2.42. The standard InChI is InChI=1S/C8H6BrFO2/c9-6-2-8-7(11-4-12-8)1-5(6)3-10/h1-2H,3-4H2. The minimum absolute atomic E-state index is 0.220. The van der Waals surface area contributed by atoms with Crippen LogP contribution in [0.1, 0.15) is 5.56 Å². The second-order valence-corrected chi connectivity index (χ2v) is 3.28. The topological polar surface area (TPSA) is 18.5 Å². The SMILES string of the molecule is FCc1cc2c(cc1Br)OCO2. The highest BCUT2D eigenvalue weighted by Gasteiger charge is 2.15. The van der Waals surface area contributed by atoms with Crippen LogP contribution < -0.4 is 9.47 Å². The van der Waals surface area contributed by atoms with Crippen LogP contribution in [-0.4, -0.2) is 6.79 Å². The van der Waals surface area contributed by atoms with Gasteiger partial charge in [0.15, 0.2) is 11.5 Å². The van der Waals surface area contributed by atoms with Crippen molar-refractivity contribution in [1.29, 1.82) is 0 Å². The summed E-state index contributed by atoms with van der Waals surface area (Å²) in [4.78, 5) is 0. The van der Waals surface area contributed by atoms with Gasteiger partial charge in [0, 0.05) is 10.0 Å². The number of alkyl halides is 1. The van der Waals surface area contributed by atoms with Crippen LogP contribution >= 0.6 is 15.9 Å². The molecule has 1 aliphatic heterocycles. The molecule has 2 nitrogen and oxygen atoms in total. The van der Waals surface area contributed by atoms with Gasteiger partial charge in [-0.15, -0.1) is 0 Å². The van der Waals surface area contributed by atoms with Crippen LogP contribution in [0.15, 0.2) is 16.6 Å². The quantitative estimate of drug-likeness (QED) is 0.742. The zero-order chi connectivity index (χ0) is 8.55. The van der Waals surface area contributed by atoms with E-state index >= 15 is 0 Å². The lowest BCUT2D eigenvalue weighted by Gasteiger charge is -2.01. The predicted molar refractivity (Wildman–Crippen MR) is 45.1 cm³/mol. The minimum Gasteiger partial charge on any atom is -0.454 e. The highest BCUT2D eigenvalue weighted by atomic mass is 79.9. The van der Waals surface area contributed by atoms with Gasteiger partial charge in [0.05, 0.1) is 0 Å². The normalized spacial score (nSPS) is 13.5. The number of halogens is 2. The molecule has 1 aliphatic rings. The van der Waals surface area contributed by atoms with E-state index in [9.17, 15) is 4.39 Å². The largest absolute Gasteiger partial charge is 0.454 e. The van der Waals surface area contributed by atoms with E-state index in [1.807, 2.05) is 0 Å². The molecule has 0 aliphatic carbocycles. The van der Waals surface area contributed by atoms with Crippen molar-refractivity contribution >= 4 is 15.9 Å². The van der Waals surface area contributed by atoms with Crippen LogP contribution in [0.5, 0.6) is 11.5 Å². The summed E-state index contributed by atoms with van der Waals surface area (Å²) in [5.74, 6) is 1.28. The summed E-state index contributed by atoms with van der Waals surface area (Å²) in [5.41, 5.74) is 0.583. The lowest BCUT2D eigenvalue weighted by Crippen LogP contribution is -1.92. The molecule has 64 valence electrons. The number of hydrogen-bond acceptors (Lipinski definition) is 2. The van der Waals surface area contributed by atoms with Gasteiger partial charge in [-0.3, -0.25) is 0 Å². The van der Waals surface area contributed by atoms with Crippen molar-refractivity contribution < 1.29 is 13.9 Å². The zero-order valence-corrected chi connectivity index (χ0v) is 7.73. The van der Waals surface area contributed by atoms with E-state index in [2.05, 4.69) is 15.9 Å². The first-order valence-corrected chi connectivity index (χ1v) is 4.24. The molecule has 0 saturated carbocycles. The molecule has 0 bridgehead atoms. The van der Waals surface area contributed by atoms with Crippen molar-refractivity contribution in [3.8, 4) is 11.5 Å². The highest BCUT2D eigenvalue weighted by molar-refractivity contribution is 9.10. The van der Waals surface area contributed by atoms with E-state index in [4.69, 9.17) is 9.47 Å². The molecule has 0 radical (unpaired) electrons. The molecular weight excluding hydrogens is 227 g/mol. The Labute approximate surface area is 77.4 Å². The fourth-order valence-corrected chi connectivity index (χ4v) is 1.49. The summed E-state index contributed by atoms with van der Waals surface area (Å²) >= 11 is 3.23. The van der Waals surface area contributed by atoms with Gasteiger partial charge in [-0.2, -0.15) is 0 Å². The lowest BCUT2D eigenvalue weighted by atomic mass is 10.2. The molecule has 0 saturated heterocycles. The molecule has 0 atom stereocenters. The van der Waals surface area contributed by atoms with Crippen molar-refractivity contribution in [3.05, 3.63) is 22.2 Å². The van der Waals surface area contributed by atoms with Gasteiger partial charge in [0.1, 0.15) is 6.67 Å². The predicted octanol–water partition coefficient (Wildman–Crippen LogP) is 2.65. The van der Waals surface area contributed by atoms with Crippen LogP contribution in [0.25, 0.3) is 0 Å². The van der Waals surface area contributed by atoms with Crippen LogP contribution in [-0.2, 0) is 6.67 Å². The Morgan fingerprint density at radius 1 is 1.33 bits per heavy atom. The fraction of sp³-hybridized carbons (Fsp3) is 0.250. The van der Waals surface area contributed by atoms with Crippen molar-refractivity contribution in [2.24, 2.45) is 0 Å². The van der Waals surface area contributed by atoms with Crippen molar-refractivity contribution in [2.45, 2.75) is 6.67 Å². The maximum atomic E-state index is 12.3. The van der Waals surface area contributed by atoms with E-state index in [0.717, 1.165) is 0 Å². The Hall–Kier alpha value is -0.770. The molecule has 1 aromatic rings. The van der Waals surface area contributed by atoms with Crippen LogP contribution in [0, 0.1) is 0 Å². The number of fused-ring (bicyclic) bond motifs is 1. The Bertz CT molecular complexity index is 313. The molecule has 2 rings (SSSR count). The molecule has 4 heteroatoms. The first-order chi connectivity index (χ1) is 5.81. The molecule has 1 aromatic carbocycles. The molecule has 0 fully saturated rings. The van der Waals surface area contributed by atoms with Crippen LogP contribution in [0.3, 0.4) is 0 Å². The van der Waals surface area contributed by atoms with E-state index in [1.54, 1.807) is 12.1 Å². The Kier molecular flexibility index (Phi) is 1.92. The number of ether oxygens (including phenoxy) is 2. The smallest absolute Gasteiger partial charge is 0.231 e. The zero-order valence-electron chi connectivity index (χ0n) is 6.14. The first kappa shape index (κ1) is 7.86. The molecule has 0 aromatic heterocycles. The maximum Gasteiger partial charge on any atom is 0.231 e. The van der Waals surface area contributed by atoms with Crippen molar-refractivity contribution in [3.63, 3.8) is 0 Å². The van der Waals surface area contributed by atoms with Gasteiger partial charge >= 0.3 is 0 Å². The molecule has 0 unspecified atom stereocenters. The summed E-state index contributed by atoms with van der Waals surface area (Å²) in [6.45, 7) is -0.283. The minimum atomic E-state index is -0.503. The van der Waals surface area contributed by atoms with Gasteiger partial charge in [0.2, 0.25) is 6.79 Å². The summed E-state index contributed by atoms with van der Waals surface area (Å²) in [7, 11) is 0. The first-order valence-electron chi connectivity index (χ1n) is 3.45. The molecule has 0 N–H and O–H groups in total. The van der Waals surface area contributed by atoms with Crippen molar-refractivity contribution in [1.82, 2.24) is 0 Å². The molecule has 1 heterocycles. The van der Waals surface area contributed by atoms with Gasteiger partial charge in [-0.05, 0) is 12.1 Å².